The Morgan fingerprint density at radius 2 is 1.93 bits per heavy atom. The van der Waals surface area contributed by atoms with Gasteiger partial charge in [0.2, 0.25) is 0 Å². The number of carbonyl (C=O) groups excluding carboxylic acids is 1. The van der Waals surface area contributed by atoms with Crippen LogP contribution < -0.4 is 14.5 Å². The third-order valence-electron chi connectivity index (χ3n) is 9.07. The van der Waals surface area contributed by atoms with Crippen LogP contribution in [0.1, 0.15) is 43.9 Å². The molecule has 0 spiro atoms. The predicted octanol–water partition coefficient (Wildman–Crippen LogP) is 5.68. The largest absolute Gasteiger partial charge is 0.461 e. The van der Waals surface area contributed by atoms with Crippen molar-refractivity contribution in [3.8, 4) is 6.01 Å². The first-order valence-corrected chi connectivity index (χ1v) is 14.8. The molecule has 1 atom stereocenters. The Hall–Kier alpha value is -3.16. The molecule has 3 aromatic rings. The molecule has 6 rings (SSSR count). The summed E-state index contributed by atoms with van der Waals surface area (Å²) in [4.78, 5) is 29.3. The second-order valence-corrected chi connectivity index (χ2v) is 12.0. The van der Waals surface area contributed by atoms with E-state index in [1.165, 1.54) is 31.8 Å². The second kappa shape index (κ2) is 11.0. The number of nitrogens with zero attached hydrogens (tertiary/aromatic N) is 5. The highest BCUT2D eigenvalue weighted by atomic mass is 35.5. The number of hydrogen-bond donors (Lipinski definition) is 0. The van der Waals surface area contributed by atoms with E-state index in [0.29, 0.717) is 25.7 Å². The third-order valence-corrected chi connectivity index (χ3v) is 9.39. The molecule has 2 fully saturated rings. The molecule has 2 saturated heterocycles. The van der Waals surface area contributed by atoms with Gasteiger partial charge in [-0.3, -0.25) is 9.69 Å². The van der Waals surface area contributed by atoms with Gasteiger partial charge in [-0.1, -0.05) is 49.4 Å². The first-order chi connectivity index (χ1) is 19.4. The fourth-order valence-electron chi connectivity index (χ4n) is 6.96. The van der Waals surface area contributed by atoms with E-state index >= 15 is 0 Å². The van der Waals surface area contributed by atoms with Crippen LogP contribution in [0.5, 0.6) is 6.01 Å². The molecule has 3 aliphatic rings. The van der Waals surface area contributed by atoms with Crippen molar-refractivity contribution in [1.82, 2.24) is 14.9 Å². The summed E-state index contributed by atoms with van der Waals surface area (Å²) in [6.45, 7) is 10.5. The van der Waals surface area contributed by atoms with Crippen LogP contribution in [0.2, 0.25) is 5.02 Å². The van der Waals surface area contributed by atoms with Crippen LogP contribution in [-0.4, -0.2) is 66.0 Å². The highest BCUT2D eigenvalue weighted by molar-refractivity contribution is 6.36. The minimum Gasteiger partial charge on any atom is -0.461 e. The van der Waals surface area contributed by atoms with Crippen LogP contribution in [0.4, 0.5) is 11.5 Å². The average molecular weight is 560 g/mol. The Bertz CT molecular complexity index is 1430. The number of benzene rings is 2. The van der Waals surface area contributed by atoms with Crippen molar-refractivity contribution >= 4 is 39.7 Å². The summed E-state index contributed by atoms with van der Waals surface area (Å²) in [5.41, 5.74) is 3.32. The predicted molar refractivity (Wildman–Crippen MR) is 162 cm³/mol. The van der Waals surface area contributed by atoms with Crippen molar-refractivity contribution in [3.63, 3.8) is 0 Å². The molecule has 0 saturated carbocycles. The van der Waals surface area contributed by atoms with E-state index in [2.05, 4.69) is 45.5 Å². The zero-order valence-electron chi connectivity index (χ0n) is 23.5. The zero-order chi connectivity index (χ0) is 27.9. The normalized spacial score (nSPS) is 18.8. The van der Waals surface area contributed by atoms with E-state index in [4.69, 9.17) is 26.3 Å². The minimum atomic E-state index is -0.181. The molecule has 0 aliphatic carbocycles. The molecule has 3 aliphatic heterocycles. The van der Waals surface area contributed by atoms with Crippen molar-refractivity contribution in [2.24, 2.45) is 5.92 Å². The first kappa shape index (κ1) is 27.0. The smallest absolute Gasteiger partial charge is 0.318 e. The van der Waals surface area contributed by atoms with E-state index in [0.717, 1.165) is 64.6 Å². The van der Waals surface area contributed by atoms with E-state index in [-0.39, 0.29) is 17.2 Å². The van der Waals surface area contributed by atoms with Gasteiger partial charge in [-0.15, -0.1) is 0 Å². The van der Waals surface area contributed by atoms with Gasteiger partial charge in [0, 0.05) is 42.7 Å². The highest BCUT2D eigenvalue weighted by Gasteiger charge is 2.45. The molecule has 0 bridgehead atoms. The van der Waals surface area contributed by atoms with Crippen molar-refractivity contribution in [1.29, 1.82) is 0 Å². The van der Waals surface area contributed by atoms with Gasteiger partial charge >= 0.3 is 6.01 Å². The van der Waals surface area contributed by atoms with Crippen molar-refractivity contribution in [2.75, 3.05) is 49.6 Å². The van der Waals surface area contributed by atoms with Gasteiger partial charge in [0.1, 0.15) is 12.4 Å². The average Bonchev–Trinajstić information content (AvgIpc) is 3.55. The van der Waals surface area contributed by atoms with Crippen molar-refractivity contribution in [3.05, 3.63) is 65.3 Å². The lowest BCUT2D eigenvalue weighted by atomic mass is 9.95. The Morgan fingerprint density at radius 1 is 1.18 bits per heavy atom. The lowest BCUT2D eigenvalue weighted by molar-refractivity contribution is -0.117. The Kier molecular flexibility index (Phi) is 7.44. The summed E-state index contributed by atoms with van der Waals surface area (Å²) >= 11 is 6.69. The summed E-state index contributed by atoms with van der Waals surface area (Å²) in [5.74, 6) is 0.707. The van der Waals surface area contributed by atoms with E-state index in [1.54, 1.807) is 0 Å². The van der Waals surface area contributed by atoms with Crippen LogP contribution in [0, 0.1) is 5.92 Å². The topological polar surface area (TPSA) is 61.8 Å². The van der Waals surface area contributed by atoms with Crippen LogP contribution >= 0.6 is 11.6 Å². The molecule has 1 aromatic heterocycles. The number of halogens is 1. The van der Waals surface area contributed by atoms with E-state index in [9.17, 15) is 4.79 Å². The maximum absolute atomic E-state index is 12.3. The molecule has 0 radical (unpaired) electrons. The van der Waals surface area contributed by atoms with Crippen LogP contribution in [-0.2, 0) is 17.8 Å². The molecule has 0 N–H and O–H groups in total. The monoisotopic (exact) mass is 559 g/mol. The van der Waals surface area contributed by atoms with E-state index in [1.807, 2.05) is 26.1 Å². The first-order valence-electron chi connectivity index (χ1n) is 14.5. The van der Waals surface area contributed by atoms with Crippen LogP contribution in [0.15, 0.2) is 49.1 Å². The van der Waals surface area contributed by atoms with Gasteiger partial charge in [0.05, 0.1) is 22.8 Å². The quantitative estimate of drug-likeness (QED) is 0.312. The van der Waals surface area contributed by atoms with Gasteiger partial charge in [0.15, 0.2) is 5.78 Å². The van der Waals surface area contributed by atoms with Gasteiger partial charge in [0.25, 0.3) is 0 Å². The lowest BCUT2D eigenvalue weighted by Gasteiger charge is -2.34. The number of hydrogen-bond acceptors (Lipinski definition) is 7. The molecule has 0 amide bonds. The molecule has 0 unspecified atom stereocenters. The molecule has 210 valence electrons. The zero-order valence-corrected chi connectivity index (χ0v) is 24.3. The van der Waals surface area contributed by atoms with Gasteiger partial charge < -0.3 is 14.5 Å². The second-order valence-electron chi connectivity index (χ2n) is 11.6. The fourth-order valence-corrected chi connectivity index (χ4v) is 7.24. The Labute approximate surface area is 241 Å². The molecular weight excluding hydrogens is 522 g/mol. The summed E-state index contributed by atoms with van der Waals surface area (Å²) in [5, 5.41) is 2.95. The number of fused-ring (bicyclic) bond motifs is 3. The number of ketones is 1. The van der Waals surface area contributed by atoms with Gasteiger partial charge in [-0.2, -0.15) is 9.97 Å². The molecule has 8 heteroatoms. The molecule has 4 heterocycles. The van der Waals surface area contributed by atoms with Crippen molar-refractivity contribution in [2.45, 2.75) is 51.1 Å². The summed E-state index contributed by atoms with van der Waals surface area (Å²) in [7, 11) is 2.00. The number of anilines is 2. The number of rotatable bonds is 9. The fraction of sp³-hybridized carbons (Fsp3) is 0.469. The number of allylic oxidation sites excluding steroid dienone is 1. The number of carbonyl (C=O) groups is 1. The van der Waals surface area contributed by atoms with Gasteiger partial charge in [-0.25, -0.2) is 0 Å². The Morgan fingerprint density at radius 3 is 2.67 bits per heavy atom. The van der Waals surface area contributed by atoms with E-state index < -0.39 is 0 Å². The lowest BCUT2D eigenvalue weighted by Crippen LogP contribution is -2.43. The SMILES string of the molecule is C=CC(=O)[C@@H](C)CN(C)c1nc(OCC23CCCN2CCC3)nc2c1CCN(c1cccc3cccc(Cl)c13)C2. The minimum absolute atomic E-state index is 0.0342. The summed E-state index contributed by atoms with van der Waals surface area (Å²) < 4.78 is 6.44. The molecule has 40 heavy (non-hydrogen) atoms. The third kappa shape index (κ3) is 4.94. The van der Waals surface area contributed by atoms with Gasteiger partial charge in [-0.05, 0) is 68.8 Å². The van der Waals surface area contributed by atoms with Crippen LogP contribution in [0.3, 0.4) is 0 Å². The van der Waals surface area contributed by atoms with Crippen molar-refractivity contribution < 1.29 is 9.53 Å². The number of aromatic nitrogens is 2. The highest BCUT2D eigenvalue weighted by Crippen LogP contribution is 2.40. The summed E-state index contributed by atoms with van der Waals surface area (Å²) in [6.07, 6.45) is 6.98. The Balaban J connectivity index is 1.33. The molecule has 7 nitrogen and oxygen atoms in total. The molecule has 2 aromatic carbocycles. The van der Waals surface area contributed by atoms with Crippen LogP contribution in [0.25, 0.3) is 10.8 Å². The maximum Gasteiger partial charge on any atom is 0.318 e. The number of ether oxygens (including phenoxy) is 1. The maximum atomic E-state index is 12.3. The summed E-state index contributed by atoms with van der Waals surface area (Å²) in [6, 6.07) is 12.8. The standard InChI is InChI=1S/C32H38ClN5O2/c1-4-28(39)22(2)19-36(3)30-24-13-18-37(27-12-6-10-23-9-5-11-25(33)29(23)27)20-26(24)34-31(35-30)40-21-32-14-7-16-38(32)17-8-15-32/h4-6,9-12,22H,1,7-8,13-21H2,2-3H3/t22-/m0/s1. The molecular formula is C32H38ClN5O2.